The third-order valence-electron chi connectivity index (χ3n) is 6.26. The zero-order valence-electron chi connectivity index (χ0n) is 20.1. The van der Waals surface area contributed by atoms with Gasteiger partial charge in [0.2, 0.25) is 5.91 Å². The minimum absolute atomic E-state index is 0.00565. The number of anilines is 1. The Bertz CT molecular complexity index is 1110. The second-order valence-electron chi connectivity index (χ2n) is 8.97. The molecule has 0 aromatic heterocycles. The first-order valence-electron chi connectivity index (χ1n) is 11.5. The fourth-order valence-corrected chi connectivity index (χ4v) is 4.81. The van der Waals surface area contributed by atoms with Crippen LogP contribution in [0.15, 0.2) is 53.4 Å². The maximum absolute atomic E-state index is 13.0. The Balaban J connectivity index is 1.64. The van der Waals surface area contributed by atoms with Crippen LogP contribution in [0.3, 0.4) is 0 Å². The molecule has 0 spiro atoms. The summed E-state index contributed by atoms with van der Waals surface area (Å²) in [4.78, 5) is 27.2. The number of likely N-dealkylation sites (tertiary alicyclic amines) is 1. The molecule has 34 heavy (non-hydrogen) atoms. The van der Waals surface area contributed by atoms with E-state index >= 15 is 0 Å². The molecule has 1 aliphatic heterocycles. The molecule has 1 unspecified atom stereocenters. The molecule has 2 N–H and O–H groups in total. The quantitative estimate of drug-likeness (QED) is 0.593. The van der Waals surface area contributed by atoms with Crippen LogP contribution in [0.2, 0.25) is 0 Å². The van der Waals surface area contributed by atoms with Crippen LogP contribution in [0.1, 0.15) is 44.0 Å². The van der Waals surface area contributed by atoms with Gasteiger partial charge in [0.25, 0.3) is 15.9 Å². The van der Waals surface area contributed by atoms with Crippen molar-refractivity contribution in [1.82, 2.24) is 10.2 Å². The van der Waals surface area contributed by atoms with Crippen LogP contribution in [0, 0.1) is 11.8 Å². The van der Waals surface area contributed by atoms with Gasteiger partial charge in [-0.05, 0) is 68.1 Å². The van der Waals surface area contributed by atoms with E-state index in [-0.39, 0.29) is 28.7 Å². The molecule has 2 aromatic carbocycles. The van der Waals surface area contributed by atoms with Crippen molar-refractivity contribution in [3.8, 4) is 5.75 Å². The molecule has 1 aliphatic rings. The van der Waals surface area contributed by atoms with Crippen molar-refractivity contribution in [2.45, 2.75) is 44.6 Å². The first-order chi connectivity index (χ1) is 16.1. The molecule has 0 radical (unpaired) electrons. The molecule has 1 atom stereocenters. The van der Waals surface area contributed by atoms with Crippen molar-refractivity contribution < 1.29 is 22.7 Å². The first kappa shape index (κ1) is 25.6. The monoisotopic (exact) mass is 487 g/mol. The predicted molar refractivity (Wildman–Crippen MR) is 131 cm³/mol. The molecule has 2 amide bonds. The van der Waals surface area contributed by atoms with Crippen LogP contribution in [0.5, 0.6) is 5.75 Å². The Morgan fingerprint density at radius 1 is 1.03 bits per heavy atom. The number of benzene rings is 2. The lowest BCUT2D eigenvalue weighted by atomic mass is 9.94. The number of piperidine rings is 1. The molecule has 3 rings (SSSR count). The van der Waals surface area contributed by atoms with E-state index < -0.39 is 10.0 Å². The molecule has 1 heterocycles. The average molecular weight is 488 g/mol. The van der Waals surface area contributed by atoms with Crippen molar-refractivity contribution in [2.75, 3.05) is 24.9 Å². The number of nitrogens with zero attached hydrogens (tertiary/aromatic N) is 1. The summed E-state index contributed by atoms with van der Waals surface area (Å²) in [5.74, 6) is 0.646. The minimum Gasteiger partial charge on any atom is -0.497 e. The van der Waals surface area contributed by atoms with Crippen molar-refractivity contribution in [1.29, 1.82) is 0 Å². The molecule has 1 saturated heterocycles. The number of carbonyl (C=O) groups is 2. The molecular weight excluding hydrogens is 454 g/mol. The Hall–Kier alpha value is -3.07. The summed E-state index contributed by atoms with van der Waals surface area (Å²) < 4.78 is 33.3. The predicted octanol–water partition coefficient (Wildman–Crippen LogP) is 3.51. The Kier molecular flexibility index (Phi) is 8.19. The summed E-state index contributed by atoms with van der Waals surface area (Å²) in [6.07, 6.45) is 1.17. The summed E-state index contributed by atoms with van der Waals surface area (Å²) in [5.41, 5.74) is 0.693. The number of carbonyl (C=O) groups excluding carboxylic acids is 2. The van der Waals surface area contributed by atoms with Gasteiger partial charge in [0.05, 0.1) is 12.0 Å². The topological polar surface area (TPSA) is 105 Å². The van der Waals surface area contributed by atoms with Crippen molar-refractivity contribution in [3.05, 3.63) is 54.1 Å². The molecule has 184 valence electrons. The van der Waals surface area contributed by atoms with E-state index in [1.807, 2.05) is 6.92 Å². The van der Waals surface area contributed by atoms with Gasteiger partial charge in [-0.25, -0.2) is 8.42 Å². The molecule has 9 heteroatoms. The standard InChI is InChI=1S/C25H33N3O5S/c1-17(2)18(3)26-24(29)19-12-14-28(15-13-19)25(30)20-6-5-7-23(16-20)34(31,32)27-21-8-10-22(33-4)11-9-21/h5-11,16-19,27H,12-15H2,1-4H3,(H,26,29). The summed E-state index contributed by atoms with van der Waals surface area (Å²) in [6, 6.07) is 12.6. The highest BCUT2D eigenvalue weighted by atomic mass is 32.2. The zero-order chi connectivity index (χ0) is 24.9. The fraction of sp³-hybridized carbons (Fsp3) is 0.440. The Morgan fingerprint density at radius 3 is 2.26 bits per heavy atom. The molecule has 8 nitrogen and oxygen atoms in total. The van der Waals surface area contributed by atoms with Crippen molar-refractivity contribution in [2.24, 2.45) is 11.8 Å². The lowest BCUT2D eigenvalue weighted by Gasteiger charge is -2.32. The highest BCUT2D eigenvalue weighted by Gasteiger charge is 2.29. The van der Waals surface area contributed by atoms with Crippen LogP contribution < -0.4 is 14.8 Å². The maximum atomic E-state index is 13.0. The van der Waals surface area contributed by atoms with E-state index in [2.05, 4.69) is 23.9 Å². The fourth-order valence-electron chi connectivity index (χ4n) is 3.71. The van der Waals surface area contributed by atoms with Gasteiger partial charge in [0, 0.05) is 36.3 Å². The van der Waals surface area contributed by atoms with Crippen LogP contribution >= 0.6 is 0 Å². The van der Waals surface area contributed by atoms with Crippen molar-refractivity contribution >= 4 is 27.5 Å². The van der Waals surface area contributed by atoms with Gasteiger partial charge in [-0.1, -0.05) is 19.9 Å². The van der Waals surface area contributed by atoms with Gasteiger partial charge >= 0.3 is 0 Å². The number of amides is 2. The second-order valence-corrected chi connectivity index (χ2v) is 10.7. The van der Waals surface area contributed by atoms with Gasteiger partial charge in [-0.2, -0.15) is 0 Å². The molecule has 2 aromatic rings. The maximum Gasteiger partial charge on any atom is 0.261 e. The van der Waals surface area contributed by atoms with Gasteiger partial charge in [-0.3, -0.25) is 14.3 Å². The van der Waals surface area contributed by atoms with Crippen molar-refractivity contribution in [3.63, 3.8) is 0 Å². The van der Waals surface area contributed by atoms with E-state index in [1.165, 1.54) is 19.2 Å². The van der Waals surface area contributed by atoms with E-state index in [4.69, 9.17) is 4.74 Å². The summed E-state index contributed by atoms with van der Waals surface area (Å²) in [5, 5.41) is 3.05. The third-order valence-corrected chi connectivity index (χ3v) is 7.64. The van der Waals surface area contributed by atoms with Crippen LogP contribution in [-0.2, 0) is 14.8 Å². The van der Waals surface area contributed by atoms with Gasteiger partial charge < -0.3 is 15.0 Å². The summed E-state index contributed by atoms with van der Waals surface area (Å²) in [7, 11) is -2.34. The summed E-state index contributed by atoms with van der Waals surface area (Å²) in [6.45, 7) is 7.02. The molecule has 1 fully saturated rings. The number of rotatable bonds is 8. The first-order valence-corrected chi connectivity index (χ1v) is 13.0. The Labute approximate surface area is 201 Å². The largest absolute Gasteiger partial charge is 0.497 e. The number of ether oxygens (including phenoxy) is 1. The number of hydrogen-bond donors (Lipinski definition) is 2. The van der Waals surface area contributed by atoms with Crippen LogP contribution in [0.25, 0.3) is 0 Å². The molecule has 0 aliphatic carbocycles. The third kappa shape index (κ3) is 6.28. The van der Waals surface area contributed by atoms with Gasteiger partial charge in [0.1, 0.15) is 5.75 Å². The molecule has 0 bridgehead atoms. The van der Waals surface area contributed by atoms with E-state index in [9.17, 15) is 18.0 Å². The highest BCUT2D eigenvalue weighted by Crippen LogP contribution is 2.23. The average Bonchev–Trinajstić information content (AvgIpc) is 2.84. The van der Waals surface area contributed by atoms with Gasteiger partial charge in [0.15, 0.2) is 0 Å². The van der Waals surface area contributed by atoms with Crippen LogP contribution in [0.4, 0.5) is 5.69 Å². The lowest BCUT2D eigenvalue weighted by Crippen LogP contribution is -2.45. The normalized spacial score (nSPS) is 15.6. The number of methoxy groups -OCH3 is 1. The number of hydrogen-bond acceptors (Lipinski definition) is 5. The van der Waals surface area contributed by atoms with E-state index in [0.717, 1.165) is 0 Å². The SMILES string of the molecule is COc1ccc(NS(=O)(=O)c2cccc(C(=O)N3CCC(C(=O)NC(C)C(C)C)CC3)c2)cc1. The lowest BCUT2D eigenvalue weighted by molar-refractivity contribution is -0.127. The highest BCUT2D eigenvalue weighted by molar-refractivity contribution is 7.92. The van der Waals surface area contributed by atoms with Crippen LogP contribution in [-0.4, -0.2) is 51.4 Å². The van der Waals surface area contributed by atoms with Gasteiger partial charge in [-0.15, -0.1) is 0 Å². The zero-order valence-corrected chi connectivity index (χ0v) is 20.9. The summed E-state index contributed by atoms with van der Waals surface area (Å²) >= 11 is 0. The minimum atomic E-state index is -3.87. The smallest absolute Gasteiger partial charge is 0.261 e. The molecular formula is C25H33N3O5S. The molecule has 0 saturated carbocycles. The number of sulfonamides is 1. The van der Waals surface area contributed by atoms with E-state index in [1.54, 1.807) is 41.3 Å². The second kappa shape index (κ2) is 10.9. The Morgan fingerprint density at radius 2 is 1.68 bits per heavy atom. The number of nitrogens with one attached hydrogen (secondary N) is 2. The van der Waals surface area contributed by atoms with E-state index in [0.29, 0.717) is 48.8 Å².